The SMILES string of the molecule is CCc1ccc(-c2cccc3c2oc2cccnc23)nc1. The van der Waals surface area contributed by atoms with Crippen LogP contribution in [0.3, 0.4) is 0 Å². The van der Waals surface area contributed by atoms with Crippen LogP contribution in [-0.2, 0) is 6.42 Å². The number of para-hydroxylation sites is 1. The third kappa shape index (κ3) is 1.89. The first-order chi connectivity index (χ1) is 10.4. The van der Waals surface area contributed by atoms with Crippen LogP contribution < -0.4 is 0 Å². The lowest BCUT2D eigenvalue weighted by molar-refractivity contribution is 0.669. The third-order valence-corrected chi connectivity index (χ3v) is 3.76. The zero-order valence-corrected chi connectivity index (χ0v) is 11.7. The molecule has 4 aromatic rings. The summed E-state index contributed by atoms with van der Waals surface area (Å²) in [6, 6.07) is 14.1. The van der Waals surface area contributed by atoms with E-state index in [4.69, 9.17) is 4.42 Å². The number of aryl methyl sites for hydroxylation is 1. The van der Waals surface area contributed by atoms with E-state index in [1.54, 1.807) is 6.20 Å². The number of aromatic nitrogens is 2. The Morgan fingerprint density at radius 1 is 1.00 bits per heavy atom. The van der Waals surface area contributed by atoms with Gasteiger partial charge in [0.25, 0.3) is 0 Å². The molecular weight excluding hydrogens is 260 g/mol. The molecule has 0 spiro atoms. The maximum Gasteiger partial charge on any atom is 0.153 e. The third-order valence-electron chi connectivity index (χ3n) is 3.76. The Balaban J connectivity index is 1.99. The van der Waals surface area contributed by atoms with Gasteiger partial charge in [-0.1, -0.05) is 19.1 Å². The van der Waals surface area contributed by atoms with E-state index in [0.717, 1.165) is 39.7 Å². The number of hydrogen-bond acceptors (Lipinski definition) is 3. The summed E-state index contributed by atoms with van der Waals surface area (Å²) in [5.41, 5.74) is 5.73. The molecule has 0 bridgehead atoms. The molecule has 0 amide bonds. The van der Waals surface area contributed by atoms with E-state index in [1.807, 2.05) is 42.6 Å². The highest BCUT2D eigenvalue weighted by atomic mass is 16.3. The maximum atomic E-state index is 5.99. The van der Waals surface area contributed by atoms with Crippen molar-refractivity contribution in [2.75, 3.05) is 0 Å². The smallest absolute Gasteiger partial charge is 0.153 e. The van der Waals surface area contributed by atoms with Crippen LogP contribution in [0.15, 0.2) is 59.3 Å². The Bertz CT molecular complexity index is 923. The Kier molecular flexibility index (Phi) is 2.71. The molecule has 102 valence electrons. The van der Waals surface area contributed by atoms with Crippen molar-refractivity contribution in [3.63, 3.8) is 0 Å². The van der Waals surface area contributed by atoms with Gasteiger partial charge in [-0.2, -0.15) is 0 Å². The molecule has 0 radical (unpaired) electrons. The highest BCUT2D eigenvalue weighted by Gasteiger charge is 2.13. The summed E-state index contributed by atoms with van der Waals surface area (Å²) in [7, 11) is 0. The van der Waals surface area contributed by atoms with Crippen molar-refractivity contribution in [1.29, 1.82) is 0 Å². The summed E-state index contributed by atoms with van der Waals surface area (Å²) >= 11 is 0. The van der Waals surface area contributed by atoms with Crippen LogP contribution >= 0.6 is 0 Å². The molecule has 0 unspecified atom stereocenters. The lowest BCUT2D eigenvalue weighted by Gasteiger charge is -2.02. The number of fused-ring (bicyclic) bond motifs is 3. The number of pyridine rings is 2. The molecule has 3 aromatic heterocycles. The van der Waals surface area contributed by atoms with Gasteiger partial charge in [-0.3, -0.25) is 9.97 Å². The average molecular weight is 274 g/mol. The fourth-order valence-corrected chi connectivity index (χ4v) is 2.61. The molecule has 4 rings (SSSR count). The zero-order valence-electron chi connectivity index (χ0n) is 11.7. The number of benzene rings is 1. The summed E-state index contributed by atoms with van der Waals surface area (Å²) < 4.78 is 5.99. The predicted octanol–water partition coefficient (Wildman–Crippen LogP) is 4.61. The summed E-state index contributed by atoms with van der Waals surface area (Å²) in [5.74, 6) is 0. The molecule has 3 heteroatoms. The summed E-state index contributed by atoms with van der Waals surface area (Å²) in [5, 5.41) is 1.03. The van der Waals surface area contributed by atoms with E-state index < -0.39 is 0 Å². The molecule has 0 N–H and O–H groups in total. The van der Waals surface area contributed by atoms with Crippen LogP contribution in [0.4, 0.5) is 0 Å². The maximum absolute atomic E-state index is 5.99. The molecule has 0 atom stereocenters. The van der Waals surface area contributed by atoms with E-state index >= 15 is 0 Å². The molecule has 0 aliphatic heterocycles. The van der Waals surface area contributed by atoms with Gasteiger partial charge in [0, 0.05) is 23.3 Å². The summed E-state index contributed by atoms with van der Waals surface area (Å²) in [4.78, 5) is 8.98. The molecule has 0 saturated carbocycles. The van der Waals surface area contributed by atoms with Crippen molar-refractivity contribution in [3.8, 4) is 11.3 Å². The van der Waals surface area contributed by atoms with E-state index in [0.29, 0.717) is 0 Å². The molecule has 3 heterocycles. The molecule has 1 aromatic carbocycles. The minimum absolute atomic E-state index is 0.810. The number of rotatable bonds is 2. The van der Waals surface area contributed by atoms with Crippen LogP contribution in [0, 0.1) is 0 Å². The van der Waals surface area contributed by atoms with Crippen LogP contribution in [0.5, 0.6) is 0 Å². The first kappa shape index (κ1) is 12.1. The van der Waals surface area contributed by atoms with Gasteiger partial charge >= 0.3 is 0 Å². The molecule has 0 aliphatic carbocycles. The molecular formula is C18H14N2O. The average Bonchev–Trinajstić information content (AvgIpc) is 2.94. The van der Waals surface area contributed by atoms with E-state index in [1.165, 1.54) is 5.56 Å². The first-order valence-corrected chi connectivity index (χ1v) is 7.08. The molecule has 0 fully saturated rings. The highest BCUT2D eigenvalue weighted by molar-refractivity contribution is 6.07. The van der Waals surface area contributed by atoms with Gasteiger partial charge in [-0.15, -0.1) is 0 Å². The molecule has 0 saturated heterocycles. The summed E-state index contributed by atoms with van der Waals surface area (Å²) in [6.07, 6.45) is 4.71. The number of furan rings is 1. The largest absolute Gasteiger partial charge is 0.454 e. The van der Waals surface area contributed by atoms with Gasteiger partial charge in [-0.05, 0) is 42.3 Å². The predicted molar refractivity (Wildman–Crippen MR) is 84.1 cm³/mol. The minimum Gasteiger partial charge on any atom is -0.454 e. The van der Waals surface area contributed by atoms with Gasteiger partial charge < -0.3 is 4.42 Å². The van der Waals surface area contributed by atoms with Gasteiger partial charge in [0.2, 0.25) is 0 Å². The lowest BCUT2D eigenvalue weighted by atomic mass is 10.1. The summed E-state index contributed by atoms with van der Waals surface area (Å²) in [6.45, 7) is 2.13. The van der Waals surface area contributed by atoms with Gasteiger partial charge in [-0.25, -0.2) is 0 Å². The first-order valence-electron chi connectivity index (χ1n) is 7.08. The topological polar surface area (TPSA) is 38.9 Å². The van der Waals surface area contributed by atoms with E-state index in [-0.39, 0.29) is 0 Å². The van der Waals surface area contributed by atoms with E-state index in [9.17, 15) is 0 Å². The van der Waals surface area contributed by atoms with Crippen molar-refractivity contribution < 1.29 is 4.42 Å². The highest BCUT2D eigenvalue weighted by Crippen LogP contribution is 2.33. The Morgan fingerprint density at radius 3 is 2.76 bits per heavy atom. The molecule has 0 aliphatic rings. The Morgan fingerprint density at radius 2 is 1.95 bits per heavy atom. The van der Waals surface area contributed by atoms with Gasteiger partial charge in [0.15, 0.2) is 5.58 Å². The fourth-order valence-electron chi connectivity index (χ4n) is 2.61. The number of nitrogens with zero attached hydrogens (tertiary/aromatic N) is 2. The number of hydrogen-bond donors (Lipinski definition) is 0. The lowest BCUT2D eigenvalue weighted by Crippen LogP contribution is -1.87. The van der Waals surface area contributed by atoms with Gasteiger partial charge in [0.05, 0.1) is 5.69 Å². The van der Waals surface area contributed by atoms with Crippen molar-refractivity contribution in [2.45, 2.75) is 13.3 Å². The monoisotopic (exact) mass is 274 g/mol. The Hall–Kier alpha value is -2.68. The standard InChI is InChI=1S/C18H14N2O/c1-2-12-8-9-15(20-11-12)13-5-3-6-14-17-16(21-18(13)14)7-4-10-19-17/h3-11H,2H2,1H3. The van der Waals surface area contributed by atoms with E-state index in [2.05, 4.69) is 23.0 Å². The van der Waals surface area contributed by atoms with Crippen LogP contribution in [0.25, 0.3) is 33.3 Å². The zero-order chi connectivity index (χ0) is 14.2. The quantitative estimate of drug-likeness (QED) is 0.536. The second-order valence-electron chi connectivity index (χ2n) is 5.04. The van der Waals surface area contributed by atoms with Crippen LogP contribution in [0.2, 0.25) is 0 Å². The second-order valence-corrected chi connectivity index (χ2v) is 5.04. The molecule has 3 nitrogen and oxygen atoms in total. The van der Waals surface area contributed by atoms with Gasteiger partial charge in [0.1, 0.15) is 11.1 Å². The second kappa shape index (κ2) is 4.70. The van der Waals surface area contributed by atoms with Crippen molar-refractivity contribution >= 4 is 22.1 Å². The minimum atomic E-state index is 0.810. The normalized spacial score (nSPS) is 11.3. The molecule has 21 heavy (non-hydrogen) atoms. The van der Waals surface area contributed by atoms with Crippen LogP contribution in [0.1, 0.15) is 12.5 Å². The van der Waals surface area contributed by atoms with Crippen molar-refractivity contribution in [2.24, 2.45) is 0 Å². The van der Waals surface area contributed by atoms with Crippen molar-refractivity contribution in [3.05, 3.63) is 60.4 Å². The van der Waals surface area contributed by atoms with Crippen LogP contribution in [-0.4, -0.2) is 9.97 Å². The van der Waals surface area contributed by atoms with Crippen molar-refractivity contribution in [1.82, 2.24) is 9.97 Å². The fraction of sp³-hybridized carbons (Fsp3) is 0.111. The Labute approximate surface area is 122 Å².